The molecule has 1 unspecified atom stereocenters. The fraction of sp³-hybridized carbons (Fsp3) is 0.122. The second-order valence-electron chi connectivity index (χ2n) is 12.0. The monoisotopic (exact) mass is 628 g/mol. The Morgan fingerprint density at radius 2 is 1.27 bits per heavy atom. The van der Waals surface area contributed by atoms with Crippen molar-refractivity contribution in [2.45, 2.75) is 32.4 Å². The van der Waals surface area contributed by atoms with E-state index < -0.39 is 5.54 Å². The van der Waals surface area contributed by atoms with E-state index in [2.05, 4.69) is 93.1 Å². The van der Waals surface area contributed by atoms with Crippen LogP contribution in [0.2, 0.25) is 0 Å². The molecule has 0 spiro atoms. The van der Waals surface area contributed by atoms with E-state index in [0.29, 0.717) is 5.82 Å². The van der Waals surface area contributed by atoms with Crippen molar-refractivity contribution in [3.63, 3.8) is 0 Å². The van der Waals surface area contributed by atoms with Gasteiger partial charge in [-0.1, -0.05) is 121 Å². The average Bonchev–Trinajstić information content (AvgIpc) is 3.50. The number of hydrogen-bond donors (Lipinski definition) is 2. The molecular weight excluding hydrogens is 592 g/mol. The highest BCUT2D eigenvalue weighted by molar-refractivity contribution is 5.98. The fourth-order valence-electron chi connectivity index (χ4n) is 6.61. The Hall–Kier alpha value is -6.08. The second-order valence-corrected chi connectivity index (χ2v) is 12.0. The van der Waals surface area contributed by atoms with Crippen LogP contribution >= 0.6 is 0 Å². The summed E-state index contributed by atoms with van der Waals surface area (Å²) in [5.41, 5.74) is 7.47. The summed E-state index contributed by atoms with van der Waals surface area (Å²) in [6.45, 7) is 5.91. The molecular formula is C41H36N6O. The fourth-order valence-corrected chi connectivity index (χ4v) is 6.61. The van der Waals surface area contributed by atoms with E-state index in [1.807, 2.05) is 93.7 Å². The van der Waals surface area contributed by atoms with Gasteiger partial charge < -0.3 is 5.32 Å². The van der Waals surface area contributed by atoms with E-state index in [1.54, 1.807) is 0 Å². The number of carbonyl (C=O) groups is 1. The minimum atomic E-state index is -0.877. The van der Waals surface area contributed by atoms with E-state index in [4.69, 9.17) is 10.1 Å². The van der Waals surface area contributed by atoms with E-state index in [0.717, 1.165) is 55.8 Å². The summed E-state index contributed by atoms with van der Waals surface area (Å²) in [6.07, 6.45) is 1.81. The van der Waals surface area contributed by atoms with Crippen molar-refractivity contribution < 1.29 is 4.79 Å². The van der Waals surface area contributed by atoms with Gasteiger partial charge in [-0.15, -0.1) is 0 Å². The number of urea groups is 1. The van der Waals surface area contributed by atoms with Crippen molar-refractivity contribution in [2.75, 3.05) is 5.32 Å². The number of aryl methyl sites for hydroxylation is 2. The number of anilines is 1. The van der Waals surface area contributed by atoms with Crippen molar-refractivity contribution >= 4 is 22.8 Å². The lowest BCUT2D eigenvalue weighted by Crippen LogP contribution is -2.38. The van der Waals surface area contributed by atoms with Gasteiger partial charge in [0.25, 0.3) is 0 Å². The molecule has 0 radical (unpaired) electrons. The first-order valence-electron chi connectivity index (χ1n) is 16.1. The lowest BCUT2D eigenvalue weighted by atomic mass is 9.77. The molecule has 4 aromatic carbocycles. The van der Waals surface area contributed by atoms with Crippen molar-refractivity contribution in [3.8, 4) is 11.3 Å². The van der Waals surface area contributed by atoms with Crippen molar-refractivity contribution in [1.29, 1.82) is 0 Å². The Kier molecular flexibility index (Phi) is 8.26. The van der Waals surface area contributed by atoms with Crippen LogP contribution < -0.4 is 10.6 Å². The summed E-state index contributed by atoms with van der Waals surface area (Å²) in [7, 11) is 0. The van der Waals surface area contributed by atoms with Crippen LogP contribution in [0, 0.1) is 13.8 Å². The molecule has 7 heteroatoms. The van der Waals surface area contributed by atoms with E-state index in [-0.39, 0.29) is 12.1 Å². The zero-order valence-corrected chi connectivity index (χ0v) is 27.1. The summed E-state index contributed by atoms with van der Waals surface area (Å²) >= 11 is 0. The minimum absolute atomic E-state index is 0.190. The van der Waals surface area contributed by atoms with Crippen molar-refractivity contribution in [3.05, 3.63) is 179 Å². The number of benzene rings is 4. The molecule has 1 atom stereocenters. The number of aromatic nitrogens is 4. The predicted molar refractivity (Wildman–Crippen MR) is 192 cm³/mol. The molecule has 0 saturated carbocycles. The van der Waals surface area contributed by atoms with Gasteiger partial charge >= 0.3 is 6.03 Å². The van der Waals surface area contributed by atoms with Gasteiger partial charge in [0.15, 0.2) is 0 Å². The molecule has 48 heavy (non-hydrogen) atoms. The third kappa shape index (κ3) is 5.60. The van der Waals surface area contributed by atoms with Crippen LogP contribution in [0.1, 0.15) is 46.6 Å². The summed E-state index contributed by atoms with van der Waals surface area (Å²) in [5, 5.41) is 12.5. The third-order valence-electron chi connectivity index (χ3n) is 8.80. The van der Waals surface area contributed by atoms with Crippen LogP contribution in [0.3, 0.4) is 0 Å². The zero-order chi connectivity index (χ0) is 33.1. The molecule has 2 amide bonds. The van der Waals surface area contributed by atoms with Crippen LogP contribution in [0.5, 0.6) is 0 Å². The molecule has 3 heterocycles. The highest BCUT2D eigenvalue weighted by Gasteiger charge is 2.41. The molecule has 0 aliphatic carbocycles. The van der Waals surface area contributed by atoms with Gasteiger partial charge in [0.2, 0.25) is 0 Å². The third-order valence-corrected chi connectivity index (χ3v) is 8.80. The number of amides is 2. The highest BCUT2D eigenvalue weighted by atomic mass is 16.2. The van der Waals surface area contributed by atoms with Crippen molar-refractivity contribution in [2.24, 2.45) is 0 Å². The second kappa shape index (κ2) is 13.0. The number of nitrogens with zero attached hydrogens (tertiary/aromatic N) is 4. The first kappa shape index (κ1) is 30.6. The molecule has 7 nitrogen and oxygen atoms in total. The van der Waals surface area contributed by atoms with Gasteiger partial charge in [-0.05, 0) is 55.2 Å². The molecule has 7 rings (SSSR count). The van der Waals surface area contributed by atoms with Gasteiger partial charge in [0, 0.05) is 28.9 Å². The minimum Gasteiger partial charge on any atom is -0.331 e. The normalized spacial score (nSPS) is 12.1. The van der Waals surface area contributed by atoms with Gasteiger partial charge in [-0.2, -0.15) is 5.10 Å². The van der Waals surface area contributed by atoms with E-state index in [9.17, 15) is 4.79 Å². The largest absolute Gasteiger partial charge is 0.331 e. The topological polar surface area (TPSA) is 84.7 Å². The Labute approximate surface area is 280 Å². The maximum atomic E-state index is 13.4. The molecule has 0 aliphatic heterocycles. The van der Waals surface area contributed by atoms with Gasteiger partial charge in [-0.25, -0.2) is 14.5 Å². The van der Waals surface area contributed by atoms with Gasteiger partial charge in [0.1, 0.15) is 17.1 Å². The average molecular weight is 629 g/mol. The Morgan fingerprint density at radius 1 is 0.729 bits per heavy atom. The molecule has 0 bridgehead atoms. The van der Waals surface area contributed by atoms with Crippen LogP contribution in [-0.2, 0) is 5.54 Å². The first-order valence-corrected chi connectivity index (χ1v) is 16.1. The number of nitrogens with one attached hydrogen (secondary N) is 2. The molecule has 0 saturated heterocycles. The molecule has 0 aliphatic rings. The number of hydrogen-bond acceptors (Lipinski definition) is 4. The SMILES string of the molecule is Cc1cc(-c2nn(C(c3ccccc3)(c3ccccc3)c3ccccc3)c3cc(NC(=O)NC(C)c4ccccc4)nc(C)c23)ccn1. The smallest absolute Gasteiger partial charge is 0.320 e. The number of fused-ring (bicyclic) bond motifs is 1. The molecule has 2 N–H and O–H groups in total. The highest BCUT2D eigenvalue weighted by Crippen LogP contribution is 2.44. The van der Waals surface area contributed by atoms with Crippen LogP contribution in [0.4, 0.5) is 10.6 Å². The maximum absolute atomic E-state index is 13.4. The Balaban J connectivity index is 1.49. The summed E-state index contributed by atoms with van der Waals surface area (Å²) in [4.78, 5) is 22.7. The van der Waals surface area contributed by atoms with Crippen LogP contribution in [0.15, 0.2) is 146 Å². The molecule has 3 aromatic heterocycles. The Morgan fingerprint density at radius 3 is 1.81 bits per heavy atom. The molecule has 236 valence electrons. The number of rotatable bonds is 8. The van der Waals surface area contributed by atoms with Gasteiger partial charge in [-0.3, -0.25) is 10.3 Å². The van der Waals surface area contributed by atoms with Crippen LogP contribution in [0.25, 0.3) is 22.2 Å². The van der Waals surface area contributed by atoms with Crippen LogP contribution in [-0.4, -0.2) is 25.8 Å². The number of pyridine rings is 2. The number of carbonyl (C=O) groups excluding carboxylic acids is 1. The lowest BCUT2D eigenvalue weighted by molar-refractivity contribution is 0.249. The Bertz CT molecular complexity index is 2080. The van der Waals surface area contributed by atoms with Gasteiger partial charge in [0.05, 0.1) is 17.3 Å². The summed E-state index contributed by atoms with van der Waals surface area (Å²) < 4.78 is 2.11. The molecule has 7 aromatic rings. The summed E-state index contributed by atoms with van der Waals surface area (Å²) in [6, 6.07) is 46.7. The predicted octanol–water partition coefficient (Wildman–Crippen LogP) is 8.83. The van der Waals surface area contributed by atoms with E-state index >= 15 is 0 Å². The molecule has 0 fully saturated rings. The van der Waals surface area contributed by atoms with Crippen molar-refractivity contribution in [1.82, 2.24) is 25.1 Å². The summed E-state index contributed by atoms with van der Waals surface area (Å²) in [5.74, 6) is 0.430. The lowest BCUT2D eigenvalue weighted by Gasteiger charge is -2.37. The zero-order valence-electron chi connectivity index (χ0n) is 27.1. The standard InChI is InChI=1S/C41H36N6O/c1-28-26-32(24-25-42-28)39-38-30(3)43-37(45-40(48)44-29(2)31-16-8-4-9-17-31)27-36(38)47(46-39)41(33-18-10-5-11-19-33,34-20-12-6-13-21-34)35-22-14-7-15-23-35/h4-27,29H,1-3H3,(H2,43,44,45,48). The van der Waals surface area contributed by atoms with E-state index in [1.165, 1.54) is 0 Å². The quantitative estimate of drug-likeness (QED) is 0.165. The first-order chi connectivity index (χ1) is 23.4. The maximum Gasteiger partial charge on any atom is 0.320 e.